The predicted molar refractivity (Wildman–Crippen MR) is 157 cm³/mol. The highest BCUT2D eigenvalue weighted by atomic mass is 19.2. The van der Waals surface area contributed by atoms with Crippen molar-refractivity contribution in [3.05, 3.63) is 65.0 Å². The highest BCUT2D eigenvalue weighted by molar-refractivity contribution is 5.72. The van der Waals surface area contributed by atoms with E-state index in [-0.39, 0.29) is 33.0 Å². The summed E-state index contributed by atoms with van der Waals surface area (Å²) in [5.41, 5.74) is 0.908. The summed E-state index contributed by atoms with van der Waals surface area (Å²) in [6.45, 7) is 4.50. The summed E-state index contributed by atoms with van der Waals surface area (Å²) < 4.78 is 113. The van der Waals surface area contributed by atoms with E-state index in [1.807, 2.05) is 30.3 Å². The maximum Gasteiger partial charge on any atom is 0.407 e. The van der Waals surface area contributed by atoms with Crippen molar-refractivity contribution in [3.63, 3.8) is 0 Å². The quantitative estimate of drug-likeness (QED) is 0.0367. The van der Waals surface area contributed by atoms with Gasteiger partial charge in [-0.3, -0.25) is 4.79 Å². The predicted octanol–water partition coefficient (Wildman–Crippen LogP) is 3.72. The van der Waals surface area contributed by atoms with Crippen LogP contribution in [0.2, 0.25) is 0 Å². The summed E-state index contributed by atoms with van der Waals surface area (Å²) in [6, 6.07) is 9.38. The Balaban J connectivity index is 1.26. The molecule has 0 heterocycles. The molecule has 0 unspecified atom stereocenters. The molecule has 0 atom stereocenters. The van der Waals surface area contributed by atoms with Gasteiger partial charge in [0.25, 0.3) is 0 Å². The molecule has 1 N–H and O–H groups in total. The molecule has 0 aromatic heterocycles. The number of alkyl carbamates (subject to hydrolysis) is 1. The largest absolute Gasteiger partial charge is 0.445 e. The lowest BCUT2D eigenvalue weighted by atomic mass is 10.2. The van der Waals surface area contributed by atoms with Crippen molar-refractivity contribution in [2.45, 2.75) is 13.0 Å². The Hall–Kier alpha value is -3.45. The van der Waals surface area contributed by atoms with Crippen LogP contribution in [0.25, 0.3) is 0 Å². The van der Waals surface area contributed by atoms with Crippen LogP contribution in [0.3, 0.4) is 0 Å². The molecule has 17 heteroatoms. The number of carbonyl (C=O) groups is 2. The number of amides is 1. The summed E-state index contributed by atoms with van der Waals surface area (Å²) >= 11 is 0. The standard InChI is InChI=1S/C31H40F5NO11/c32-25-26(33)28(35)30(29(36)27(25)34)48-24(38)6-8-40-10-12-42-14-16-44-18-20-46-21-19-45-17-15-43-13-11-41-9-7-37-31(39)47-22-23-4-2-1-3-5-23/h1-5H,6-22H2,(H,37,39). The molecule has 2 aromatic rings. The van der Waals surface area contributed by atoms with Gasteiger partial charge in [0.15, 0.2) is 0 Å². The molecule has 12 nitrogen and oxygen atoms in total. The van der Waals surface area contributed by atoms with Gasteiger partial charge in [-0.1, -0.05) is 30.3 Å². The van der Waals surface area contributed by atoms with Crippen molar-refractivity contribution in [1.29, 1.82) is 0 Å². The maximum atomic E-state index is 13.5. The summed E-state index contributed by atoms with van der Waals surface area (Å²) in [4.78, 5) is 23.3. The molecule has 0 saturated heterocycles. The van der Waals surface area contributed by atoms with Crippen LogP contribution in [0.5, 0.6) is 5.75 Å². The highest BCUT2D eigenvalue weighted by Gasteiger charge is 2.28. The van der Waals surface area contributed by atoms with Crippen LogP contribution in [-0.4, -0.2) is 111 Å². The van der Waals surface area contributed by atoms with Crippen LogP contribution < -0.4 is 10.1 Å². The number of carbonyl (C=O) groups excluding carboxylic acids is 2. The topological polar surface area (TPSA) is 129 Å². The van der Waals surface area contributed by atoms with E-state index in [2.05, 4.69) is 10.1 Å². The van der Waals surface area contributed by atoms with Gasteiger partial charge < -0.3 is 47.9 Å². The van der Waals surface area contributed by atoms with Gasteiger partial charge in [0.05, 0.1) is 98.9 Å². The molecule has 0 saturated carbocycles. The average molecular weight is 698 g/mol. The first-order chi connectivity index (χ1) is 23.3. The fourth-order valence-electron chi connectivity index (χ4n) is 3.42. The number of nitrogens with one attached hydrogen (secondary N) is 1. The molecule has 0 bridgehead atoms. The molecule has 0 aliphatic rings. The first kappa shape index (κ1) is 40.7. The molecule has 1 amide bonds. The Bertz CT molecular complexity index is 1170. The van der Waals surface area contributed by atoms with Gasteiger partial charge in [-0.05, 0) is 5.56 Å². The van der Waals surface area contributed by atoms with Crippen LogP contribution in [0.4, 0.5) is 26.7 Å². The van der Waals surface area contributed by atoms with E-state index in [0.717, 1.165) is 5.56 Å². The average Bonchev–Trinajstić information content (AvgIpc) is 3.09. The first-order valence-corrected chi connectivity index (χ1v) is 15.0. The smallest absolute Gasteiger partial charge is 0.407 e. The van der Waals surface area contributed by atoms with Crippen molar-refractivity contribution < 1.29 is 74.2 Å². The van der Waals surface area contributed by atoms with E-state index in [9.17, 15) is 31.5 Å². The van der Waals surface area contributed by atoms with Gasteiger partial charge in [0, 0.05) is 6.54 Å². The van der Waals surface area contributed by atoms with Crippen LogP contribution in [0, 0.1) is 29.1 Å². The zero-order valence-corrected chi connectivity index (χ0v) is 26.3. The van der Waals surface area contributed by atoms with Crippen molar-refractivity contribution in [2.75, 3.05) is 99.0 Å². The number of rotatable bonds is 27. The monoisotopic (exact) mass is 697 g/mol. The number of hydrogen-bond acceptors (Lipinski definition) is 11. The Labute approximate surface area is 274 Å². The van der Waals surface area contributed by atoms with Crippen LogP contribution >= 0.6 is 0 Å². The van der Waals surface area contributed by atoms with Crippen LogP contribution in [-0.2, 0) is 49.3 Å². The molecule has 0 aliphatic carbocycles. The fourth-order valence-corrected chi connectivity index (χ4v) is 3.42. The van der Waals surface area contributed by atoms with Gasteiger partial charge in [-0.15, -0.1) is 0 Å². The SMILES string of the molecule is O=C(CCOCCOCCOCCOCCOCCOCCOCCNC(=O)OCc1ccccc1)Oc1c(F)c(F)c(F)c(F)c1F. The second kappa shape index (κ2) is 25.6. The summed E-state index contributed by atoms with van der Waals surface area (Å²) in [5.74, 6) is -14.2. The van der Waals surface area contributed by atoms with E-state index in [1.54, 1.807) is 0 Å². The van der Waals surface area contributed by atoms with Gasteiger partial charge in [-0.2, -0.15) is 8.78 Å². The maximum absolute atomic E-state index is 13.5. The first-order valence-electron chi connectivity index (χ1n) is 15.0. The molecule has 0 aliphatic heterocycles. The lowest BCUT2D eigenvalue weighted by molar-refractivity contribution is -0.136. The van der Waals surface area contributed by atoms with Gasteiger partial charge in [0.2, 0.25) is 34.8 Å². The Morgan fingerprint density at radius 3 is 1.38 bits per heavy atom. The van der Waals surface area contributed by atoms with E-state index in [4.69, 9.17) is 37.9 Å². The molecular formula is C31H40F5NO11. The second-order valence-electron chi connectivity index (χ2n) is 9.40. The summed E-state index contributed by atoms with van der Waals surface area (Å²) in [5, 5.41) is 2.61. The van der Waals surface area contributed by atoms with Gasteiger partial charge >= 0.3 is 12.1 Å². The van der Waals surface area contributed by atoms with Gasteiger partial charge in [-0.25, -0.2) is 18.0 Å². The minimum atomic E-state index is -2.35. The number of ether oxygens (including phenoxy) is 9. The molecule has 48 heavy (non-hydrogen) atoms. The number of halogens is 5. The number of hydrogen-bond donors (Lipinski definition) is 1. The Morgan fingerprint density at radius 1 is 0.521 bits per heavy atom. The highest BCUT2D eigenvalue weighted by Crippen LogP contribution is 2.29. The third-order valence-corrected chi connectivity index (χ3v) is 5.80. The molecule has 2 rings (SSSR count). The molecule has 2 aromatic carbocycles. The zero-order chi connectivity index (χ0) is 34.8. The van der Waals surface area contributed by atoms with Crippen molar-refractivity contribution in [3.8, 4) is 5.75 Å². The number of benzene rings is 2. The van der Waals surface area contributed by atoms with E-state index < -0.39 is 53.3 Å². The van der Waals surface area contributed by atoms with E-state index >= 15 is 0 Å². The van der Waals surface area contributed by atoms with Crippen molar-refractivity contribution >= 4 is 12.1 Å². The number of esters is 1. The Kier molecular flexibility index (Phi) is 21.7. The molecule has 0 radical (unpaired) electrons. The molecule has 0 spiro atoms. The minimum absolute atomic E-state index is 0.0744. The summed E-state index contributed by atoms with van der Waals surface area (Å²) in [6.07, 6.45) is -0.996. The lowest BCUT2D eigenvalue weighted by Crippen LogP contribution is -2.28. The van der Waals surface area contributed by atoms with Crippen molar-refractivity contribution in [1.82, 2.24) is 5.32 Å². The Morgan fingerprint density at radius 2 is 0.917 bits per heavy atom. The molecule has 0 fully saturated rings. The second-order valence-corrected chi connectivity index (χ2v) is 9.40. The van der Waals surface area contributed by atoms with Crippen LogP contribution in [0.1, 0.15) is 12.0 Å². The fraction of sp³-hybridized carbons (Fsp3) is 0.548. The van der Waals surface area contributed by atoms with E-state index in [1.165, 1.54) is 0 Å². The van der Waals surface area contributed by atoms with Crippen LogP contribution in [0.15, 0.2) is 30.3 Å². The third-order valence-electron chi connectivity index (χ3n) is 5.80. The van der Waals surface area contributed by atoms with E-state index in [0.29, 0.717) is 72.6 Å². The minimum Gasteiger partial charge on any atom is -0.445 e. The van der Waals surface area contributed by atoms with Crippen molar-refractivity contribution in [2.24, 2.45) is 0 Å². The molecular weight excluding hydrogens is 657 g/mol. The normalized spacial score (nSPS) is 11.1. The lowest BCUT2D eigenvalue weighted by Gasteiger charge is -2.09. The molecule has 270 valence electrons. The summed E-state index contributed by atoms with van der Waals surface area (Å²) in [7, 11) is 0. The third kappa shape index (κ3) is 17.6. The zero-order valence-electron chi connectivity index (χ0n) is 26.3. The van der Waals surface area contributed by atoms with Gasteiger partial charge in [0.1, 0.15) is 6.61 Å².